The lowest BCUT2D eigenvalue weighted by atomic mass is 10.4. The fourth-order valence-corrected chi connectivity index (χ4v) is 3.41. The average Bonchev–Trinajstić information content (AvgIpc) is 3.32. The summed E-state index contributed by atoms with van der Waals surface area (Å²) in [7, 11) is 0. The highest BCUT2D eigenvalue weighted by atomic mass is 32.1. The summed E-state index contributed by atoms with van der Waals surface area (Å²) in [4.78, 5) is 21.4. The summed E-state index contributed by atoms with van der Waals surface area (Å²) < 4.78 is 7.42. The van der Waals surface area contributed by atoms with Crippen LogP contribution in [0.1, 0.15) is 9.80 Å². The van der Waals surface area contributed by atoms with Crippen LogP contribution < -0.4 is 5.32 Å². The second kappa shape index (κ2) is 8.00. The molecule has 0 radical (unpaired) electrons. The van der Waals surface area contributed by atoms with Crippen LogP contribution >= 0.6 is 22.7 Å². The molecule has 0 aliphatic carbocycles. The van der Waals surface area contributed by atoms with Crippen LogP contribution in [-0.4, -0.2) is 40.2 Å². The number of hydrogen-bond donors (Lipinski definition) is 1. The number of imidazole rings is 1. The highest BCUT2D eigenvalue weighted by molar-refractivity contribution is 7.15. The molecule has 0 saturated heterocycles. The first-order valence-electron chi connectivity index (χ1n) is 7.14. The molecule has 1 N–H and O–H groups in total. The molecule has 0 aliphatic rings. The van der Waals surface area contributed by atoms with Crippen LogP contribution in [-0.2, 0) is 11.3 Å². The van der Waals surface area contributed by atoms with Crippen LogP contribution in [0.25, 0.3) is 10.6 Å². The number of aromatic nitrogens is 3. The van der Waals surface area contributed by atoms with E-state index in [9.17, 15) is 4.79 Å². The molecule has 0 spiro atoms. The van der Waals surface area contributed by atoms with Crippen molar-refractivity contribution in [2.75, 3.05) is 19.8 Å². The number of thiazole rings is 1. The lowest BCUT2D eigenvalue weighted by Crippen LogP contribution is -2.27. The Kier molecular flexibility index (Phi) is 5.51. The molecule has 3 aromatic rings. The third-order valence-electron chi connectivity index (χ3n) is 3.06. The summed E-state index contributed by atoms with van der Waals surface area (Å²) >= 11 is 2.97. The maximum atomic E-state index is 12.0. The van der Waals surface area contributed by atoms with Gasteiger partial charge in [-0.1, -0.05) is 6.07 Å². The largest absolute Gasteiger partial charge is 0.378 e. The highest BCUT2D eigenvalue weighted by Gasteiger charge is 2.11. The van der Waals surface area contributed by atoms with E-state index in [4.69, 9.17) is 4.74 Å². The van der Waals surface area contributed by atoms with E-state index in [0.29, 0.717) is 24.8 Å². The minimum absolute atomic E-state index is 0.156. The number of ether oxygens (including phenoxy) is 1. The van der Waals surface area contributed by atoms with Gasteiger partial charge in [-0.25, -0.2) is 9.97 Å². The van der Waals surface area contributed by atoms with Gasteiger partial charge < -0.3 is 14.6 Å². The Bertz CT molecular complexity index is 723. The van der Waals surface area contributed by atoms with Crippen LogP contribution in [0.15, 0.2) is 41.6 Å². The topological polar surface area (TPSA) is 69.0 Å². The van der Waals surface area contributed by atoms with Gasteiger partial charge in [-0.05, 0) is 11.4 Å². The lowest BCUT2D eigenvalue weighted by Gasteiger charge is -2.05. The standard InChI is InChI=1S/C15H16N4O2S2/c20-14(15-18-12(10-23-15)13-2-1-9-22-13)17-4-7-21-8-6-19-5-3-16-11-19/h1-3,5,9-11H,4,6-8H2,(H,17,20). The van der Waals surface area contributed by atoms with Crippen LogP contribution in [0.4, 0.5) is 0 Å². The van der Waals surface area contributed by atoms with Crippen molar-refractivity contribution in [3.8, 4) is 10.6 Å². The van der Waals surface area contributed by atoms with E-state index >= 15 is 0 Å². The summed E-state index contributed by atoms with van der Waals surface area (Å²) in [5.41, 5.74) is 0.853. The number of thiophene rings is 1. The first-order valence-corrected chi connectivity index (χ1v) is 8.90. The van der Waals surface area contributed by atoms with Crippen molar-refractivity contribution in [1.29, 1.82) is 0 Å². The normalized spacial score (nSPS) is 10.8. The van der Waals surface area contributed by atoms with Crippen molar-refractivity contribution in [2.45, 2.75) is 6.54 Å². The second-order valence-electron chi connectivity index (χ2n) is 4.68. The van der Waals surface area contributed by atoms with Gasteiger partial charge in [0.2, 0.25) is 0 Å². The monoisotopic (exact) mass is 348 g/mol. The fourth-order valence-electron chi connectivity index (χ4n) is 1.92. The molecular weight excluding hydrogens is 332 g/mol. The summed E-state index contributed by atoms with van der Waals surface area (Å²) in [6, 6.07) is 3.97. The number of carbonyl (C=O) groups excluding carboxylic acids is 1. The van der Waals surface area contributed by atoms with Crippen LogP contribution in [0.3, 0.4) is 0 Å². The molecule has 0 unspecified atom stereocenters. The van der Waals surface area contributed by atoms with E-state index in [1.54, 1.807) is 23.9 Å². The maximum absolute atomic E-state index is 12.0. The lowest BCUT2D eigenvalue weighted by molar-refractivity contribution is 0.0908. The van der Waals surface area contributed by atoms with Gasteiger partial charge in [0.05, 0.1) is 30.1 Å². The Hall–Kier alpha value is -2.03. The van der Waals surface area contributed by atoms with Crippen molar-refractivity contribution in [3.05, 3.63) is 46.6 Å². The van der Waals surface area contributed by atoms with Gasteiger partial charge in [0, 0.05) is 30.9 Å². The molecule has 3 rings (SSSR count). The molecule has 3 heterocycles. The van der Waals surface area contributed by atoms with E-state index in [0.717, 1.165) is 17.1 Å². The van der Waals surface area contributed by atoms with Crippen molar-refractivity contribution in [1.82, 2.24) is 19.9 Å². The summed E-state index contributed by atoms with van der Waals surface area (Å²) in [5, 5.41) is 7.20. The molecule has 0 atom stereocenters. The SMILES string of the molecule is O=C(NCCOCCn1ccnc1)c1nc(-c2cccs2)cs1. The third kappa shape index (κ3) is 4.47. The minimum Gasteiger partial charge on any atom is -0.378 e. The van der Waals surface area contributed by atoms with E-state index in [-0.39, 0.29) is 5.91 Å². The van der Waals surface area contributed by atoms with E-state index in [2.05, 4.69) is 15.3 Å². The van der Waals surface area contributed by atoms with Gasteiger partial charge in [-0.3, -0.25) is 4.79 Å². The van der Waals surface area contributed by atoms with Crippen LogP contribution in [0.2, 0.25) is 0 Å². The zero-order chi connectivity index (χ0) is 15.9. The van der Waals surface area contributed by atoms with Gasteiger partial charge in [0.25, 0.3) is 5.91 Å². The van der Waals surface area contributed by atoms with Crippen molar-refractivity contribution in [2.24, 2.45) is 0 Å². The highest BCUT2D eigenvalue weighted by Crippen LogP contribution is 2.25. The molecule has 8 heteroatoms. The quantitative estimate of drug-likeness (QED) is 0.635. The van der Waals surface area contributed by atoms with E-state index < -0.39 is 0 Å². The van der Waals surface area contributed by atoms with Crippen molar-refractivity contribution >= 4 is 28.6 Å². The number of rotatable bonds is 8. The third-order valence-corrected chi connectivity index (χ3v) is 4.79. The number of nitrogens with one attached hydrogen (secondary N) is 1. The van der Waals surface area contributed by atoms with Gasteiger partial charge in [0.15, 0.2) is 5.01 Å². The van der Waals surface area contributed by atoms with E-state index in [1.807, 2.05) is 33.7 Å². The molecule has 3 aromatic heterocycles. The minimum atomic E-state index is -0.156. The Balaban J connectivity index is 1.36. The molecule has 1 amide bonds. The smallest absolute Gasteiger partial charge is 0.280 e. The summed E-state index contributed by atoms with van der Waals surface area (Å²) in [5.74, 6) is -0.156. The van der Waals surface area contributed by atoms with Gasteiger partial charge in [-0.15, -0.1) is 22.7 Å². The van der Waals surface area contributed by atoms with Crippen LogP contribution in [0.5, 0.6) is 0 Å². The van der Waals surface area contributed by atoms with Gasteiger partial charge in [-0.2, -0.15) is 0 Å². The molecule has 0 saturated carbocycles. The van der Waals surface area contributed by atoms with Crippen LogP contribution in [0, 0.1) is 0 Å². The Morgan fingerprint density at radius 2 is 2.30 bits per heavy atom. The van der Waals surface area contributed by atoms with E-state index in [1.165, 1.54) is 11.3 Å². The number of amides is 1. The second-order valence-corrected chi connectivity index (χ2v) is 6.49. The average molecular weight is 348 g/mol. The van der Waals surface area contributed by atoms with Gasteiger partial charge >= 0.3 is 0 Å². The zero-order valence-electron chi connectivity index (χ0n) is 12.3. The molecule has 0 fully saturated rings. The first kappa shape index (κ1) is 15.9. The Morgan fingerprint density at radius 1 is 1.35 bits per heavy atom. The predicted octanol–water partition coefficient (Wildman–Crippen LogP) is 2.51. The molecule has 0 aromatic carbocycles. The number of nitrogens with zero attached hydrogens (tertiary/aromatic N) is 3. The molecule has 23 heavy (non-hydrogen) atoms. The Labute approximate surface area is 141 Å². The van der Waals surface area contributed by atoms with Crippen molar-refractivity contribution in [3.63, 3.8) is 0 Å². The zero-order valence-corrected chi connectivity index (χ0v) is 14.0. The molecule has 120 valence electrons. The summed E-state index contributed by atoms with van der Waals surface area (Å²) in [6.45, 7) is 2.29. The van der Waals surface area contributed by atoms with Gasteiger partial charge in [0.1, 0.15) is 0 Å². The number of carbonyl (C=O) groups is 1. The summed E-state index contributed by atoms with van der Waals surface area (Å²) in [6.07, 6.45) is 5.37. The number of hydrogen-bond acceptors (Lipinski definition) is 6. The first-order chi connectivity index (χ1) is 11.3. The fraction of sp³-hybridized carbons (Fsp3) is 0.267. The molecular formula is C15H16N4O2S2. The Morgan fingerprint density at radius 3 is 3.09 bits per heavy atom. The maximum Gasteiger partial charge on any atom is 0.280 e. The molecule has 0 bridgehead atoms. The van der Waals surface area contributed by atoms with Crippen molar-refractivity contribution < 1.29 is 9.53 Å². The molecule has 0 aliphatic heterocycles. The molecule has 6 nitrogen and oxygen atoms in total. The predicted molar refractivity (Wildman–Crippen MR) is 90.8 cm³/mol.